The largest absolute Gasteiger partial charge is 0.308 e. The van der Waals surface area contributed by atoms with Gasteiger partial charge in [-0.1, -0.05) is 33.3 Å². The van der Waals surface area contributed by atoms with Crippen LogP contribution in [0.4, 0.5) is 4.39 Å². The highest BCUT2D eigenvalue weighted by atomic mass is 32.1. The highest BCUT2D eigenvalue weighted by Gasteiger charge is 2.13. The van der Waals surface area contributed by atoms with Crippen molar-refractivity contribution >= 4 is 33.3 Å². The Morgan fingerprint density at radius 3 is 2.58 bits per heavy atom. The molecule has 3 aromatic rings. The molecule has 3 aromatic heterocycles. The fourth-order valence-corrected chi connectivity index (χ4v) is 3.06. The normalized spacial score (nSPS) is 11.4. The minimum atomic E-state index is -0.359. The van der Waals surface area contributed by atoms with Crippen molar-refractivity contribution in [2.24, 2.45) is 5.92 Å². The summed E-state index contributed by atoms with van der Waals surface area (Å²) in [5.41, 5.74) is 3.47. The van der Waals surface area contributed by atoms with Crippen LogP contribution in [0.5, 0.6) is 0 Å². The number of nitrogens with zero attached hydrogens (tertiary/aromatic N) is 2. The topological polar surface area (TPSA) is 49.6 Å². The minimum Gasteiger partial charge on any atom is -0.308 e. The Bertz CT molecular complexity index is 913. The number of pyridine rings is 2. The van der Waals surface area contributed by atoms with Crippen molar-refractivity contribution in [2.75, 3.05) is 0 Å². The van der Waals surface area contributed by atoms with Crippen LogP contribution < -0.4 is 0 Å². The third kappa shape index (κ3) is 4.61. The first-order valence-corrected chi connectivity index (χ1v) is 9.55. The molecule has 0 unspecified atom stereocenters. The van der Waals surface area contributed by atoms with Gasteiger partial charge in [0.2, 0.25) is 0 Å². The SMILES string of the molecule is C/C=C(\C=N)c1ccc2scc(-c3ccncc3F)c2n1.CCC(C)C. The molecule has 0 aromatic carbocycles. The van der Waals surface area contributed by atoms with E-state index in [0.29, 0.717) is 11.3 Å². The second-order valence-electron chi connectivity index (χ2n) is 6.24. The zero-order valence-electron chi connectivity index (χ0n) is 15.6. The summed E-state index contributed by atoms with van der Waals surface area (Å²) in [5.74, 6) is 0.526. The number of fused-ring (bicyclic) bond motifs is 1. The first-order valence-electron chi connectivity index (χ1n) is 8.67. The number of hydrogen-bond donors (Lipinski definition) is 1. The first-order chi connectivity index (χ1) is 12.5. The molecule has 0 radical (unpaired) electrons. The molecule has 3 rings (SSSR count). The van der Waals surface area contributed by atoms with Gasteiger partial charge in [-0.3, -0.25) is 4.98 Å². The Labute approximate surface area is 158 Å². The highest BCUT2D eigenvalue weighted by molar-refractivity contribution is 7.17. The minimum absolute atomic E-state index is 0.359. The lowest BCUT2D eigenvalue weighted by atomic mass is 10.1. The van der Waals surface area contributed by atoms with E-state index in [1.807, 2.05) is 30.5 Å². The summed E-state index contributed by atoms with van der Waals surface area (Å²) in [7, 11) is 0. The Hall–Kier alpha value is -2.40. The Morgan fingerprint density at radius 2 is 2.00 bits per heavy atom. The van der Waals surface area contributed by atoms with Crippen molar-refractivity contribution < 1.29 is 4.39 Å². The molecule has 0 saturated heterocycles. The molecule has 3 heterocycles. The average Bonchev–Trinajstić information content (AvgIpc) is 3.07. The molecule has 136 valence electrons. The smallest absolute Gasteiger partial charge is 0.149 e. The fourth-order valence-electron chi connectivity index (χ4n) is 2.16. The van der Waals surface area contributed by atoms with E-state index in [1.165, 1.54) is 30.2 Å². The number of hydrogen-bond acceptors (Lipinski definition) is 4. The molecule has 0 atom stereocenters. The Balaban J connectivity index is 0.000000431. The van der Waals surface area contributed by atoms with Gasteiger partial charge in [-0.05, 0) is 31.0 Å². The zero-order chi connectivity index (χ0) is 19.1. The summed E-state index contributed by atoms with van der Waals surface area (Å²) in [6.45, 7) is 8.51. The van der Waals surface area contributed by atoms with Gasteiger partial charge in [-0.15, -0.1) is 11.3 Å². The number of nitrogens with one attached hydrogen (secondary N) is 1. The van der Waals surface area contributed by atoms with Gasteiger partial charge in [0.25, 0.3) is 0 Å². The average molecular weight is 370 g/mol. The van der Waals surface area contributed by atoms with E-state index in [2.05, 4.69) is 30.7 Å². The summed E-state index contributed by atoms with van der Waals surface area (Å²) in [5, 5.41) is 9.32. The molecule has 5 heteroatoms. The van der Waals surface area contributed by atoms with E-state index in [1.54, 1.807) is 12.3 Å². The first kappa shape index (κ1) is 19.9. The summed E-state index contributed by atoms with van der Waals surface area (Å²) >= 11 is 1.53. The van der Waals surface area contributed by atoms with Crippen LogP contribution >= 0.6 is 11.3 Å². The molecule has 0 saturated carbocycles. The van der Waals surface area contributed by atoms with Crippen LogP contribution in [-0.2, 0) is 0 Å². The van der Waals surface area contributed by atoms with E-state index < -0.39 is 0 Å². The summed E-state index contributed by atoms with van der Waals surface area (Å²) in [6.07, 6.45) is 7.19. The second kappa shape index (κ2) is 9.34. The highest BCUT2D eigenvalue weighted by Crippen LogP contribution is 2.34. The van der Waals surface area contributed by atoms with Crippen LogP contribution in [0, 0.1) is 17.1 Å². The maximum Gasteiger partial charge on any atom is 0.149 e. The fraction of sp³-hybridized carbons (Fsp3) is 0.286. The molecule has 0 aliphatic rings. The molecular formula is C21H24FN3S. The van der Waals surface area contributed by atoms with E-state index in [-0.39, 0.29) is 5.82 Å². The third-order valence-corrected chi connectivity index (χ3v) is 5.00. The van der Waals surface area contributed by atoms with Crippen molar-refractivity contribution in [1.29, 1.82) is 5.41 Å². The Kier molecular flexibility index (Phi) is 7.16. The lowest BCUT2D eigenvalue weighted by molar-refractivity contribution is 0.625. The van der Waals surface area contributed by atoms with Crippen molar-refractivity contribution in [1.82, 2.24) is 9.97 Å². The van der Waals surface area contributed by atoms with Gasteiger partial charge in [0.05, 0.1) is 22.1 Å². The lowest BCUT2D eigenvalue weighted by Crippen LogP contribution is -1.91. The predicted molar refractivity (Wildman–Crippen MR) is 110 cm³/mol. The molecule has 0 amide bonds. The molecule has 3 nitrogen and oxygen atoms in total. The van der Waals surface area contributed by atoms with Gasteiger partial charge < -0.3 is 5.41 Å². The summed E-state index contributed by atoms with van der Waals surface area (Å²) in [6, 6.07) is 5.49. The van der Waals surface area contributed by atoms with Crippen LogP contribution in [-0.4, -0.2) is 16.2 Å². The molecule has 0 bridgehead atoms. The maximum absolute atomic E-state index is 13.9. The van der Waals surface area contributed by atoms with Crippen molar-refractivity contribution in [3.63, 3.8) is 0 Å². The van der Waals surface area contributed by atoms with Gasteiger partial charge in [0.15, 0.2) is 0 Å². The molecular weight excluding hydrogens is 345 g/mol. The molecule has 26 heavy (non-hydrogen) atoms. The van der Waals surface area contributed by atoms with E-state index in [4.69, 9.17) is 5.41 Å². The maximum atomic E-state index is 13.9. The second-order valence-corrected chi connectivity index (χ2v) is 7.15. The summed E-state index contributed by atoms with van der Waals surface area (Å²) < 4.78 is 14.9. The monoisotopic (exact) mass is 369 g/mol. The van der Waals surface area contributed by atoms with Gasteiger partial charge >= 0.3 is 0 Å². The number of halogens is 1. The number of thiophene rings is 1. The van der Waals surface area contributed by atoms with Crippen LogP contribution in [0.3, 0.4) is 0 Å². The van der Waals surface area contributed by atoms with Crippen molar-refractivity contribution in [3.8, 4) is 11.1 Å². The van der Waals surface area contributed by atoms with E-state index in [0.717, 1.165) is 27.3 Å². The quantitative estimate of drug-likeness (QED) is 0.526. The molecule has 0 aliphatic heterocycles. The standard InChI is InChI=1S/C16H12FN3S.C5H12/c1-2-10(7-18)14-3-4-15-16(20-14)12(9-21-15)11-5-6-19-8-13(11)17;1-4-5(2)3/h2-9,18H,1H3;5H,4H2,1-3H3/b10-2+,18-7?;. The van der Waals surface area contributed by atoms with Crippen molar-refractivity contribution in [2.45, 2.75) is 34.1 Å². The van der Waals surface area contributed by atoms with Crippen LogP contribution in [0.2, 0.25) is 0 Å². The van der Waals surface area contributed by atoms with Crippen LogP contribution in [0.1, 0.15) is 39.8 Å². The lowest BCUT2D eigenvalue weighted by Gasteiger charge is -2.03. The van der Waals surface area contributed by atoms with Crippen LogP contribution in [0.15, 0.2) is 42.0 Å². The van der Waals surface area contributed by atoms with Crippen molar-refractivity contribution in [3.05, 3.63) is 53.6 Å². The van der Waals surface area contributed by atoms with E-state index >= 15 is 0 Å². The predicted octanol–water partition coefficient (Wildman–Crippen LogP) is 6.60. The van der Waals surface area contributed by atoms with Gasteiger partial charge in [0, 0.05) is 34.5 Å². The zero-order valence-corrected chi connectivity index (χ0v) is 16.4. The molecule has 1 N–H and O–H groups in total. The third-order valence-electron chi connectivity index (χ3n) is 4.06. The number of rotatable bonds is 4. The Morgan fingerprint density at radius 1 is 1.27 bits per heavy atom. The van der Waals surface area contributed by atoms with E-state index in [9.17, 15) is 4.39 Å². The van der Waals surface area contributed by atoms with Gasteiger partial charge in [-0.25, -0.2) is 9.37 Å². The van der Waals surface area contributed by atoms with Crippen LogP contribution in [0.25, 0.3) is 26.9 Å². The van der Waals surface area contributed by atoms with Gasteiger partial charge in [0.1, 0.15) is 5.82 Å². The van der Waals surface area contributed by atoms with Gasteiger partial charge in [-0.2, -0.15) is 0 Å². The number of aromatic nitrogens is 2. The molecule has 0 fully saturated rings. The molecule has 0 spiro atoms. The molecule has 0 aliphatic carbocycles. The summed E-state index contributed by atoms with van der Waals surface area (Å²) in [4.78, 5) is 8.37. The number of allylic oxidation sites excluding steroid dienone is 2.